The second-order valence-corrected chi connectivity index (χ2v) is 8.74. The molecule has 2 aromatic heterocycles. The summed E-state index contributed by atoms with van der Waals surface area (Å²) in [5.74, 6) is 2.61. The number of para-hydroxylation sites is 1. The van der Waals surface area contributed by atoms with Crippen molar-refractivity contribution in [3.63, 3.8) is 0 Å². The number of anilines is 2. The molecule has 3 unspecified atom stereocenters. The number of rotatable bonds is 5. The van der Waals surface area contributed by atoms with Gasteiger partial charge in [0.25, 0.3) is 0 Å². The van der Waals surface area contributed by atoms with E-state index in [9.17, 15) is 0 Å². The first-order chi connectivity index (χ1) is 15.7. The molecule has 0 aliphatic carbocycles. The molecule has 2 aliphatic heterocycles. The van der Waals surface area contributed by atoms with Crippen LogP contribution >= 0.6 is 0 Å². The maximum absolute atomic E-state index is 5.08. The lowest BCUT2D eigenvalue weighted by atomic mass is 10.1. The number of hydrogen-bond donors (Lipinski definition) is 2. The highest BCUT2D eigenvalue weighted by molar-refractivity contribution is 5.91. The summed E-state index contributed by atoms with van der Waals surface area (Å²) < 4.78 is 0. The molecule has 0 spiro atoms. The quantitative estimate of drug-likeness (QED) is 0.497. The Morgan fingerprint density at radius 2 is 1.88 bits per heavy atom. The fourth-order valence-corrected chi connectivity index (χ4v) is 4.92. The van der Waals surface area contributed by atoms with Gasteiger partial charge in [-0.25, -0.2) is 15.0 Å². The minimum Gasteiger partial charge on any atom is -0.364 e. The van der Waals surface area contributed by atoms with E-state index in [1.54, 1.807) is 0 Å². The summed E-state index contributed by atoms with van der Waals surface area (Å²) in [4.78, 5) is 17.0. The summed E-state index contributed by atoms with van der Waals surface area (Å²) in [6.07, 6.45) is 3.02. The standard InChI is InChI=1S/C26H26N6/c1-17(18-7-3-2-4-8-18)29-24-13-19(11-12-27-24)25-30-23-10-6-5-9-22(23)26(31-25)32-16-20-14-21(32)15-28-20/h2-13,17,20-21,28H,14-16H2,1H3,(H,27,29). The number of pyridine rings is 1. The van der Waals surface area contributed by atoms with Crippen molar-refractivity contribution in [3.05, 3.63) is 78.5 Å². The number of nitrogens with zero attached hydrogens (tertiary/aromatic N) is 4. The molecule has 3 atom stereocenters. The summed E-state index contributed by atoms with van der Waals surface area (Å²) in [7, 11) is 0. The lowest BCUT2D eigenvalue weighted by molar-refractivity contribution is 0.577. The number of aromatic nitrogens is 3. The molecule has 6 heteroatoms. The van der Waals surface area contributed by atoms with Gasteiger partial charge in [-0.15, -0.1) is 0 Å². The highest BCUT2D eigenvalue weighted by atomic mass is 15.3. The molecular formula is C26H26N6. The molecule has 2 aromatic carbocycles. The lowest BCUT2D eigenvalue weighted by Gasteiger charge is -2.29. The third-order valence-corrected chi connectivity index (χ3v) is 6.59. The van der Waals surface area contributed by atoms with Crippen LogP contribution < -0.4 is 15.5 Å². The van der Waals surface area contributed by atoms with Crippen molar-refractivity contribution in [2.24, 2.45) is 0 Å². The van der Waals surface area contributed by atoms with E-state index in [4.69, 9.17) is 9.97 Å². The molecule has 6 nitrogen and oxygen atoms in total. The summed E-state index contributed by atoms with van der Waals surface area (Å²) >= 11 is 0. The van der Waals surface area contributed by atoms with Crippen molar-refractivity contribution in [3.8, 4) is 11.4 Å². The zero-order valence-electron chi connectivity index (χ0n) is 18.1. The van der Waals surface area contributed by atoms with Crippen LogP contribution in [0.1, 0.15) is 24.9 Å². The summed E-state index contributed by atoms with van der Waals surface area (Å²) in [5, 5.41) is 8.22. The van der Waals surface area contributed by atoms with E-state index in [1.807, 2.05) is 30.5 Å². The fraction of sp³-hybridized carbons (Fsp3) is 0.269. The Balaban J connectivity index is 1.36. The second kappa shape index (κ2) is 7.88. The van der Waals surface area contributed by atoms with Gasteiger partial charge in [-0.05, 0) is 43.2 Å². The van der Waals surface area contributed by atoms with E-state index >= 15 is 0 Å². The van der Waals surface area contributed by atoms with Crippen LogP contribution in [0.4, 0.5) is 11.6 Å². The second-order valence-electron chi connectivity index (χ2n) is 8.74. The van der Waals surface area contributed by atoms with Gasteiger partial charge in [-0.2, -0.15) is 0 Å². The van der Waals surface area contributed by atoms with Gasteiger partial charge in [-0.3, -0.25) is 0 Å². The maximum atomic E-state index is 5.08. The van der Waals surface area contributed by atoms with Gasteiger partial charge >= 0.3 is 0 Å². The Bertz CT molecular complexity index is 1260. The Morgan fingerprint density at radius 1 is 1.03 bits per heavy atom. The van der Waals surface area contributed by atoms with Crippen LogP contribution in [-0.2, 0) is 0 Å². The molecule has 2 fully saturated rings. The highest BCUT2D eigenvalue weighted by Crippen LogP contribution is 2.34. The molecule has 2 bridgehead atoms. The van der Waals surface area contributed by atoms with Gasteiger partial charge in [0.15, 0.2) is 5.82 Å². The van der Waals surface area contributed by atoms with E-state index in [0.29, 0.717) is 12.1 Å². The predicted molar refractivity (Wildman–Crippen MR) is 129 cm³/mol. The monoisotopic (exact) mass is 422 g/mol. The Hall–Kier alpha value is -3.51. The van der Waals surface area contributed by atoms with E-state index in [1.165, 1.54) is 12.0 Å². The van der Waals surface area contributed by atoms with Crippen molar-refractivity contribution in [1.29, 1.82) is 0 Å². The normalized spacial score (nSPS) is 20.6. The Labute approximate surface area is 187 Å². The van der Waals surface area contributed by atoms with E-state index in [0.717, 1.165) is 47.0 Å². The van der Waals surface area contributed by atoms with E-state index < -0.39 is 0 Å². The molecule has 4 heterocycles. The van der Waals surface area contributed by atoms with Crippen molar-refractivity contribution in [2.45, 2.75) is 31.5 Å². The summed E-state index contributed by atoms with van der Waals surface area (Å²) in [6, 6.07) is 24.0. The van der Waals surface area contributed by atoms with Crippen LogP contribution in [0.2, 0.25) is 0 Å². The number of hydrogen-bond acceptors (Lipinski definition) is 6. The molecule has 0 saturated carbocycles. The topological polar surface area (TPSA) is 66.0 Å². The molecule has 160 valence electrons. The third-order valence-electron chi connectivity index (χ3n) is 6.59. The molecule has 2 saturated heterocycles. The SMILES string of the molecule is CC(Nc1cc(-c2nc(N3CC4CC3CN4)c3ccccc3n2)ccn1)c1ccccc1. The number of benzene rings is 2. The van der Waals surface area contributed by atoms with Gasteiger partial charge in [0, 0.05) is 48.4 Å². The molecule has 4 aromatic rings. The third kappa shape index (κ3) is 3.46. The van der Waals surface area contributed by atoms with Crippen molar-refractivity contribution in [2.75, 3.05) is 23.3 Å². The Kier molecular flexibility index (Phi) is 4.72. The fourth-order valence-electron chi connectivity index (χ4n) is 4.92. The van der Waals surface area contributed by atoms with Crippen molar-refractivity contribution >= 4 is 22.5 Å². The first kappa shape index (κ1) is 19.2. The van der Waals surface area contributed by atoms with Crippen molar-refractivity contribution < 1.29 is 0 Å². The zero-order chi connectivity index (χ0) is 21.5. The molecule has 0 radical (unpaired) electrons. The molecule has 2 N–H and O–H groups in total. The van der Waals surface area contributed by atoms with Crippen LogP contribution in [0.25, 0.3) is 22.3 Å². The predicted octanol–water partition coefficient (Wildman–Crippen LogP) is 4.42. The average Bonchev–Trinajstić information content (AvgIpc) is 3.48. The summed E-state index contributed by atoms with van der Waals surface area (Å²) in [6.45, 7) is 4.17. The molecule has 6 rings (SSSR count). The minimum absolute atomic E-state index is 0.152. The maximum Gasteiger partial charge on any atom is 0.162 e. The number of nitrogens with one attached hydrogen (secondary N) is 2. The summed E-state index contributed by atoms with van der Waals surface area (Å²) in [5.41, 5.74) is 3.17. The largest absolute Gasteiger partial charge is 0.364 e. The van der Waals surface area contributed by atoms with Gasteiger partial charge in [-0.1, -0.05) is 42.5 Å². The molecular weight excluding hydrogens is 396 g/mol. The van der Waals surface area contributed by atoms with Crippen LogP contribution in [0.3, 0.4) is 0 Å². The lowest BCUT2D eigenvalue weighted by Crippen LogP contribution is -2.44. The molecule has 32 heavy (non-hydrogen) atoms. The number of piperazine rings is 1. The van der Waals surface area contributed by atoms with Gasteiger partial charge < -0.3 is 15.5 Å². The van der Waals surface area contributed by atoms with Gasteiger partial charge in [0.1, 0.15) is 11.6 Å². The number of fused-ring (bicyclic) bond motifs is 3. The van der Waals surface area contributed by atoms with Crippen LogP contribution in [0.5, 0.6) is 0 Å². The zero-order valence-corrected chi connectivity index (χ0v) is 18.1. The Morgan fingerprint density at radius 3 is 2.69 bits per heavy atom. The smallest absolute Gasteiger partial charge is 0.162 e. The average molecular weight is 423 g/mol. The molecule has 0 amide bonds. The molecule has 2 aliphatic rings. The first-order valence-corrected chi connectivity index (χ1v) is 11.3. The van der Waals surface area contributed by atoms with Gasteiger partial charge in [0.2, 0.25) is 0 Å². The first-order valence-electron chi connectivity index (χ1n) is 11.3. The van der Waals surface area contributed by atoms with Crippen LogP contribution in [0, 0.1) is 0 Å². The minimum atomic E-state index is 0.152. The van der Waals surface area contributed by atoms with Gasteiger partial charge in [0.05, 0.1) is 5.52 Å². The van der Waals surface area contributed by atoms with Crippen LogP contribution in [-0.4, -0.2) is 40.1 Å². The van der Waals surface area contributed by atoms with Crippen LogP contribution in [0.15, 0.2) is 72.9 Å². The van der Waals surface area contributed by atoms with E-state index in [2.05, 4.69) is 69.9 Å². The van der Waals surface area contributed by atoms with Crippen molar-refractivity contribution in [1.82, 2.24) is 20.3 Å². The highest BCUT2D eigenvalue weighted by Gasteiger charge is 2.39. The van der Waals surface area contributed by atoms with E-state index in [-0.39, 0.29) is 6.04 Å².